The molecule has 1 aromatic carbocycles. The number of halogens is 1. The van der Waals surface area contributed by atoms with Gasteiger partial charge in [0.1, 0.15) is 5.60 Å². The van der Waals surface area contributed by atoms with Gasteiger partial charge in [-0.3, -0.25) is 4.68 Å². The number of aryl methyl sites for hydroxylation is 1. The predicted octanol–water partition coefficient (Wildman–Crippen LogP) is 3.00. The maximum Gasteiger partial charge on any atom is 0.130 e. The van der Waals surface area contributed by atoms with Gasteiger partial charge in [-0.2, -0.15) is 5.10 Å². The molecule has 2 aromatic rings. The van der Waals surface area contributed by atoms with Gasteiger partial charge >= 0.3 is 0 Å². The molecular formula is C16H21ClN2O2. The molecule has 1 unspecified atom stereocenters. The molecule has 0 radical (unpaired) electrons. The Kier molecular flexibility index (Phi) is 5.04. The highest BCUT2D eigenvalue weighted by Gasteiger charge is 2.32. The van der Waals surface area contributed by atoms with Crippen LogP contribution in [-0.4, -0.2) is 28.6 Å². The van der Waals surface area contributed by atoms with Crippen LogP contribution in [0.1, 0.15) is 30.7 Å². The van der Waals surface area contributed by atoms with Crippen molar-refractivity contribution in [3.05, 3.63) is 52.3 Å². The van der Waals surface area contributed by atoms with Crippen LogP contribution in [0.3, 0.4) is 0 Å². The Morgan fingerprint density at radius 1 is 1.33 bits per heavy atom. The molecular weight excluding hydrogens is 288 g/mol. The van der Waals surface area contributed by atoms with Crippen LogP contribution in [-0.2, 0) is 23.3 Å². The van der Waals surface area contributed by atoms with Crippen LogP contribution >= 0.6 is 11.6 Å². The molecule has 0 saturated heterocycles. The zero-order valence-corrected chi connectivity index (χ0v) is 13.4. The summed E-state index contributed by atoms with van der Waals surface area (Å²) in [5.41, 5.74) is 1.41. The molecule has 1 N–H and O–H groups in total. The van der Waals surface area contributed by atoms with Gasteiger partial charge < -0.3 is 9.84 Å². The summed E-state index contributed by atoms with van der Waals surface area (Å²) in [4.78, 5) is 0. The maximum absolute atomic E-state index is 11.0. The predicted molar refractivity (Wildman–Crippen MR) is 83.6 cm³/mol. The maximum atomic E-state index is 11.0. The molecule has 1 aromatic heterocycles. The molecule has 0 fully saturated rings. The van der Waals surface area contributed by atoms with Gasteiger partial charge in [-0.1, -0.05) is 42.8 Å². The van der Waals surface area contributed by atoms with Gasteiger partial charge in [0.2, 0.25) is 0 Å². The Bertz CT molecular complexity index is 591. The van der Waals surface area contributed by atoms with Crippen molar-refractivity contribution in [2.75, 3.05) is 13.7 Å². The zero-order chi connectivity index (χ0) is 15.5. The molecule has 0 aliphatic carbocycles. The molecule has 21 heavy (non-hydrogen) atoms. The van der Waals surface area contributed by atoms with Crippen LogP contribution in [0.5, 0.6) is 0 Å². The first-order valence-corrected chi connectivity index (χ1v) is 7.41. The molecule has 0 aliphatic rings. The summed E-state index contributed by atoms with van der Waals surface area (Å²) in [6.07, 6.45) is 2.52. The highest BCUT2D eigenvalue weighted by atomic mass is 35.5. The molecule has 5 heteroatoms. The van der Waals surface area contributed by atoms with Crippen molar-refractivity contribution in [3.63, 3.8) is 0 Å². The minimum absolute atomic E-state index is 0.454. The minimum Gasteiger partial charge on any atom is -0.383 e. The quantitative estimate of drug-likeness (QED) is 0.892. The third-order valence-corrected chi connectivity index (χ3v) is 3.96. The summed E-state index contributed by atoms with van der Waals surface area (Å²) in [6.45, 7) is 4.89. The van der Waals surface area contributed by atoms with Crippen molar-refractivity contribution in [2.45, 2.75) is 32.4 Å². The summed E-state index contributed by atoms with van der Waals surface area (Å²) in [7, 11) is 1.63. The number of rotatable bonds is 6. The zero-order valence-electron chi connectivity index (χ0n) is 12.6. The number of ether oxygens (including phenoxy) is 1. The smallest absolute Gasteiger partial charge is 0.130 e. The van der Waals surface area contributed by atoms with E-state index in [-0.39, 0.29) is 0 Å². The van der Waals surface area contributed by atoms with E-state index in [1.807, 2.05) is 24.3 Å². The molecule has 114 valence electrons. The van der Waals surface area contributed by atoms with Gasteiger partial charge in [0.05, 0.1) is 30.1 Å². The fraction of sp³-hybridized carbons (Fsp3) is 0.438. The average Bonchev–Trinajstić information content (AvgIpc) is 2.86. The second kappa shape index (κ2) is 6.60. The van der Waals surface area contributed by atoms with Crippen LogP contribution in [0, 0.1) is 0 Å². The summed E-state index contributed by atoms with van der Waals surface area (Å²) in [5.74, 6) is 0. The minimum atomic E-state index is -1.20. The van der Waals surface area contributed by atoms with E-state index in [4.69, 9.17) is 16.3 Å². The van der Waals surface area contributed by atoms with Crippen LogP contribution in [0.25, 0.3) is 0 Å². The number of nitrogens with zero attached hydrogens (tertiary/aromatic N) is 2. The van der Waals surface area contributed by atoms with Crippen LogP contribution in [0.4, 0.5) is 0 Å². The Balaban J connectivity index is 2.39. The monoisotopic (exact) mass is 308 g/mol. The summed E-state index contributed by atoms with van der Waals surface area (Å²) >= 11 is 6.23. The summed E-state index contributed by atoms with van der Waals surface area (Å²) < 4.78 is 6.77. The van der Waals surface area contributed by atoms with E-state index >= 15 is 0 Å². The highest BCUT2D eigenvalue weighted by molar-refractivity contribution is 6.31. The first-order valence-electron chi connectivity index (χ1n) is 7.03. The van der Waals surface area contributed by atoms with E-state index in [9.17, 15) is 5.11 Å². The molecule has 0 spiro atoms. The number of aromatic nitrogens is 2. The van der Waals surface area contributed by atoms with Gasteiger partial charge in [0.15, 0.2) is 0 Å². The second-order valence-electron chi connectivity index (χ2n) is 5.18. The molecule has 4 nitrogen and oxygen atoms in total. The van der Waals surface area contributed by atoms with E-state index in [0.29, 0.717) is 23.9 Å². The summed E-state index contributed by atoms with van der Waals surface area (Å²) in [5, 5.41) is 15.7. The first kappa shape index (κ1) is 16.0. The van der Waals surface area contributed by atoms with Crippen molar-refractivity contribution in [2.24, 2.45) is 0 Å². The fourth-order valence-electron chi connectivity index (χ4n) is 2.40. The van der Waals surface area contributed by atoms with Crippen molar-refractivity contribution in [1.29, 1.82) is 0 Å². The van der Waals surface area contributed by atoms with Gasteiger partial charge in [-0.25, -0.2) is 0 Å². The van der Waals surface area contributed by atoms with Gasteiger partial charge in [-0.15, -0.1) is 0 Å². The van der Waals surface area contributed by atoms with E-state index in [0.717, 1.165) is 12.0 Å². The summed E-state index contributed by atoms with van der Waals surface area (Å²) in [6, 6.07) is 7.91. The molecule has 2 rings (SSSR count). The van der Waals surface area contributed by atoms with E-state index in [1.165, 1.54) is 5.56 Å². The van der Waals surface area contributed by atoms with Gasteiger partial charge in [0.25, 0.3) is 0 Å². The topological polar surface area (TPSA) is 47.3 Å². The van der Waals surface area contributed by atoms with Crippen molar-refractivity contribution >= 4 is 11.6 Å². The number of hydrogen-bond donors (Lipinski definition) is 1. The Hall–Kier alpha value is -1.36. The average molecular weight is 309 g/mol. The third-order valence-electron chi connectivity index (χ3n) is 3.69. The molecule has 0 aliphatic heterocycles. The largest absolute Gasteiger partial charge is 0.383 e. The second-order valence-corrected chi connectivity index (χ2v) is 5.59. The van der Waals surface area contributed by atoms with Crippen LogP contribution < -0.4 is 0 Å². The van der Waals surface area contributed by atoms with Crippen molar-refractivity contribution < 1.29 is 9.84 Å². The lowest BCUT2D eigenvalue weighted by Crippen LogP contribution is -2.28. The number of benzene rings is 1. The van der Waals surface area contributed by atoms with Crippen LogP contribution in [0.15, 0.2) is 30.5 Å². The Morgan fingerprint density at radius 3 is 2.57 bits per heavy atom. The van der Waals surface area contributed by atoms with Crippen molar-refractivity contribution in [3.8, 4) is 0 Å². The molecule has 0 saturated carbocycles. The van der Waals surface area contributed by atoms with E-state index in [2.05, 4.69) is 12.0 Å². The third kappa shape index (κ3) is 3.28. The Labute approximate surface area is 130 Å². The Morgan fingerprint density at radius 2 is 2.00 bits per heavy atom. The lowest BCUT2D eigenvalue weighted by atomic mass is 9.91. The molecule has 1 heterocycles. The van der Waals surface area contributed by atoms with Crippen molar-refractivity contribution in [1.82, 2.24) is 9.78 Å². The van der Waals surface area contributed by atoms with Gasteiger partial charge in [0, 0.05) is 7.11 Å². The number of methoxy groups -OCH3 is 1. The standard InChI is InChI=1S/C16H21ClN2O2/c1-4-12-5-7-13(8-6-12)16(2,20)15-14(17)11-18-19(15)9-10-21-3/h5-8,11,20H,4,9-10H2,1-3H3. The normalized spacial score (nSPS) is 14.1. The van der Waals surface area contributed by atoms with E-state index < -0.39 is 5.60 Å². The van der Waals surface area contributed by atoms with Crippen LogP contribution in [0.2, 0.25) is 5.02 Å². The molecule has 0 amide bonds. The number of hydrogen-bond acceptors (Lipinski definition) is 3. The van der Waals surface area contributed by atoms with Gasteiger partial charge in [-0.05, 0) is 24.5 Å². The fourth-order valence-corrected chi connectivity index (χ4v) is 2.72. The first-order chi connectivity index (χ1) is 10.0. The molecule has 1 atom stereocenters. The SMILES string of the molecule is CCc1ccc(C(C)(O)c2c(Cl)cnn2CCOC)cc1. The lowest BCUT2D eigenvalue weighted by Gasteiger charge is -2.26. The highest BCUT2D eigenvalue weighted by Crippen LogP contribution is 2.34. The number of aliphatic hydroxyl groups is 1. The molecule has 0 bridgehead atoms. The lowest BCUT2D eigenvalue weighted by molar-refractivity contribution is 0.0884. The van der Waals surface area contributed by atoms with E-state index in [1.54, 1.807) is 24.9 Å².